The van der Waals surface area contributed by atoms with Gasteiger partial charge in [0.15, 0.2) is 11.5 Å². The first-order valence-electron chi connectivity index (χ1n) is 4.91. The number of rotatable bonds is 6. The van der Waals surface area contributed by atoms with Gasteiger partial charge in [0.25, 0.3) is 5.69 Å². The summed E-state index contributed by atoms with van der Waals surface area (Å²) in [6.45, 7) is 3.31. The topological polar surface area (TPSA) is 81.8 Å². The first-order valence-corrected chi connectivity index (χ1v) is 5.71. The molecule has 7 heteroatoms. The van der Waals surface area contributed by atoms with Gasteiger partial charge in [0, 0.05) is 4.48 Å². The zero-order chi connectivity index (χ0) is 13.7. The smallest absolute Gasteiger partial charge is 0.278 e. The van der Waals surface area contributed by atoms with E-state index in [4.69, 9.17) is 14.6 Å². The number of aliphatic hydroxyl groups is 1. The molecule has 0 amide bonds. The quantitative estimate of drug-likeness (QED) is 0.643. The molecule has 18 heavy (non-hydrogen) atoms. The van der Waals surface area contributed by atoms with Gasteiger partial charge in [-0.15, -0.1) is 0 Å². The van der Waals surface area contributed by atoms with E-state index in [1.165, 1.54) is 19.2 Å². The number of nitro benzene ring substituents is 1. The van der Waals surface area contributed by atoms with Crippen molar-refractivity contribution in [1.29, 1.82) is 0 Å². The van der Waals surface area contributed by atoms with Crippen molar-refractivity contribution >= 4 is 21.6 Å². The number of hydrogen-bond acceptors (Lipinski definition) is 5. The van der Waals surface area contributed by atoms with Gasteiger partial charge >= 0.3 is 0 Å². The molecular weight excluding hydrogens is 306 g/mol. The number of aliphatic hydroxyl groups excluding tert-OH is 1. The van der Waals surface area contributed by atoms with Crippen LogP contribution >= 0.6 is 15.9 Å². The lowest BCUT2D eigenvalue weighted by molar-refractivity contribution is -0.385. The molecule has 0 aliphatic heterocycles. The van der Waals surface area contributed by atoms with Crippen molar-refractivity contribution in [3.05, 3.63) is 38.9 Å². The van der Waals surface area contributed by atoms with Crippen molar-refractivity contribution < 1.29 is 19.5 Å². The lowest BCUT2D eigenvalue weighted by Crippen LogP contribution is -2.02. The molecule has 0 spiro atoms. The zero-order valence-corrected chi connectivity index (χ0v) is 11.3. The number of halogens is 1. The molecular formula is C11H12BrNO5. The third-order valence-electron chi connectivity index (χ3n) is 2.12. The second kappa shape index (κ2) is 6.36. The predicted molar refractivity (Wildman–Crippen MR) is 69.1 cm³/mol. The van der Waals surface area contributed by atoms with Gasteiger partial charge in [-0.3, -0.25) is 10.1 Å². The van der Waals surface area contributed by atoms with E-state index >= 15 is 0 Å². The summed E-state index contributed by atoms with van der Waals surface area (Å²) in [5, 5.41) is 19.9. The fraction of sp³-hybridized carbons (Fsp3) is 0.273. The van der Waals surface area contributed by atoms with Gasteiger partial charge in [-0.1, -0.05) is 22.5 Å². The van der Waals surface area contributed by atoms with E-state index in [1.54, 1.807) is 0 Å². The highest BCUT2D eigenvalue weighted by molar-refractivity contribution is 9.11. The lowest BCUT2D eigenvalue weighted by Gasteiger charge is -2.11. The number of ether oxygens (including phenoxy) is 2. The molecule has 1 N–H and O–H groups in total. The van der Waals surface area contributed by atoms with Crippen molar-refractivity contribution in [2.75, 3.05) is 13.7 Å². The Kier molecular flexibility index (Phi) is 5.11. The standard InChI is InChI=1S/C11H12BrNO5/c1-7(12)6-18-11-4-9(13(15)16)8(5-14)3-10(11)17-2/h3-4,14H,1,5-6H2,2H3. The van der Waals surface area contributed by atoms with E-state index in [-0.39, 0.29) is 23.6 Å². The fourth-order valence-corrected chi connectivity index (χ4v) is 1.43. The van der Waals surface area contributed by atoms with Gasteiger partial charge in [0.1, 0.15) is 6.61 Å². The van der Waals surface area contributed by atoms with Crippen LogP contribution in [0.4, 0.5) is 5.69 Å². The normalized spacial score (nSPS) is 9.94. The van der Waals surface area contributed by atoms with Crippen molar-refractivity contribution in [2.24, 2.45) is 0 Å². The summed E-state index contributed by atoms with van der Waals surface area (Å²) in [4.78, 5) is 10.3. The third kappa shape index (κ3) is 3.44. The average Bonchev–Trinajstić information content (AvgIpc) is 2.34. The number of benzene rings is 1. The van der Waals surface area contributed by atoms with Crippen LogP contribution in [0.2, 0.25) is 0 Å². The molecule has 98 valence electrons. The van der Waals surface area contributed by atoms with Crippen molar-refractivity contribution in [2.45, 2.75) is 6.61 Å². The Labute approximate surface area is 112 Å². The van der Waals surface area contributed by atoms with Crippen LogP contribution in [0.5, 0.6) is 11.5 Å². The van der Waals surface area contributed by atoms with Crippen LogP contribution in [-0.4, -0.2) is 23.7 Å². The summed E-state index contributed by atoms with van der Waals surface area (Å²) >= 11 is 3.12. The predicted octanol–water partition coefficient (Wildman–Crippen LogP) is 2.38. The Morgan fingerprint density at radius 1 is 1.56 bits per heavy atom. The molecule has 0 heterocycles. The molecule has 0 atom stereocenters. The summed E-state index contributed by atoms with van der Waals surface area (Å²) in [6.07, 6.45) is 0. The van der Waals surface area contributed by atoms with Crippen molar-refractivity contribution in [3.63, 3.8) is 0 Å². The Hall–Kier alpha value is -1.60. The lowest BCUT2D eigenvalue weighted by atomic mass is 10.1. The molecule has 0 bridgehead atoms. The van der Waals surface area contributed by atoms with Crippen LogP contribution in [0.25, 0.3) is 0 Å². The number of nitrogens with zero attached hydrogens (tertiary/aromatic N) is 1. The van der Waals surface area contributed by atoms with Gasteiger partial charge in [-0.05, 0) is 6.07 Å². The Balaban J connectivity index is 3.18. The molecule has 0 aliphatic carbocycles. The molecule has 0 saturated heterocycles. The molecule has 1 aromatic rings. The molecule has 0 aromatic heterocycles. The average molecular weight is 318 g/mol. The van der Waals surface area contributed by atoms with Crippen LogP contribution in [0, 0.1) is 10.1 Å². The maximum absolute atomic E-state index is 10.8. The maximum Gasteiger partial charge on any atom is 0.278 e. The Morgan fingerprint density at radius 3 is 2.67 bits per heavy atom. The molecule has 1 rings (SSSR count). The monoisotopic (exact) mass is 317 g/mol. The molecule has 0 unspecified atom stereocenters. The minimum Gasteiger partial charge on any atom is -0.493 e. The second-order valence-electron chi connectivity index (χ2n) is 3.35. The van der Waals surface area contributed by atoms with E-state index in [0.717, 1.165) is 0 Å². The molecule has 0 saturated carbocycles. The van der Waals surface area contributed by atoms with E-state index in [0.29, 0.717) is 10.2 Å². The first kappa shape index (κ1) is 14.5. The minimum atomic E-state index is -0.583. The summed E-state index contributed by atoms with van der Waals surface area (Å²) in [5.74, 6) is 0.542. The first-order chi connectivity index (χ1) is 8.49. The van der Waals surface area contributed by atoms with Gasteiger partial charge in [0.05, 0.1) is 30.3 Å². The number of hydrogen-bond donors (Lipinski definition) is 1. The van der Waals surface area contributed by atoms with Gasteiger partial charge in [-0.2, -0.15) is 0 Å². The number of nitro groups is 1. The van der Waals surface area contributed by atoms with Gasteiger partial charge < -0.3 is 14.6 Å². The summed E-state index contributed by atoms with van der Waals surface area (Å²) in [6, 6.07) is 2.60. The maximum atomic E-state index is 10.8. The van der Waals surface area contributed by atoms with Crippen LogP contribution < -0.4 is 9.47 Å². The second-order valence-corrected chi connectivity index (χ2v) is 4.47. The summed E-state index contributed by atoms with van der Waals surface area (Å²) < 4.78 is 11.0. The van der Waals surface area contributed by atoms with Crippen LogP contribution in [0.3, 0.4) is 0 Å². The Morgan fingerprint density at radius 2 is 2.22 bits per heavy atom. The van der Waals surface area contributed by atoms with Gasteiger partial charge in [0.2, 0.25) is 0 Å². The highest BCUT2D eigenvalue weighted by Crippen LogP contribution is 2.35. The molecule has 0 aliphatic rings. The zero-order valence-electron chi connectivity index (χ0n) is 9.68. The number of methoxy groups -OCH3 is 1. The molecule has 6 nitrogen and oxygen atoms in total. The van der Waals surface area contributed by atoms with E-state index in [1.807, 2.05) is 0 Å². The fourth-order valence-electron chi connectivity index (χ4n) is 1.32. The van der Waals surface area contributed by atoms with E-state index < -0.39 is 11.5 Å². The summed E-state index contributed by atoms with van der Waals surface area (Å²) in [5.41, 5.74) is -0.0460. The van der Waals surface area contributed by atoms with Gasteiger partial charge in [-0.25, -0.2) is 0 Å². The highest BCUT2D eigenvalue weighted by atomic mass is 79.9. The SMILES string of the molecule is C=C(Br)COc1cc([N+](=O)[O-])c(CO)cc1OC. The minimum absolute atomic E-state index is 0.159. The third-order valence-corrected chi connectivity index (χ3v) is 2.35. The molecule has 0 radical (unpaired) electrons. The van der Waals surface area contributed by atoms with Crippen LogP contribution in [0.1, 0.15) is 5.56 Å². The Bertz CT molecular complexity index is 475. The van der Waals surface area contributed by atoms with E-state index in [2.05, 4.69) is 22.5 Å². The largest absolute Gasteiger partial charge is 0.493 e. The molecule has 1 aromatic carbocycles. The van der Waals surface area contributed by atoms with Crippen molar-refractivity contribution in [3.8, 4) is 11.5 Å². The molecule has 0 fully saturated rings. The van der Waals surface area contributed by atoms with Crippen LogP contribution in [-0.2, 0) is 6.61 Å². The summed E-state index contributed by atoms with van der Waals surface area (Å²) in [7, 11) is 1.41. The van der Waals surface area contributed by atoms with Crippen molar-refractivity contribution in [1.82, 2.24) is 0 Å². The van der Waals surface area contributed by atoms with Crippen LogP contribution in [0.15, 0.2) is 23.2 Å². The van der Waals surface area contributed by atoms with E-state index in [9.17, 15) is 10.1 Å². The highest BCUT2D eigenvalue weighted by Gasteiger charge is 2.19.